The first-order valence-corrected chi connectivity index (χ1v) is 12.0. The molecule has 176 valence electrons. The van der Waals surface area contributed by atoms with Gasteiger partial charge >= 0.3 is 0 Å². The van der Waals surface area contributed by atoms with Crippen molar-refractivity contribution in [3.63, 3.8) is 0 Å². The second-order valence-corrected chi connectivity index (χ2v) is 8.52. The van der Waals surface area contributed by atoms with Gasteiger partial charge in [-0.25, -0.2) is 19.9 Å². The number of fused-ring (bicyclic) bond motifs is 1. The molecule has 35 heavy (non-hydrogen) atoms. The van der Waals surface area contributed by atoms with E-state index in [0.29, 0.717) is 17.3 Å². The fourth-order valence-corrected chi connectivity index (χ4v) is 4.44. The Morgan fingerprint density at radius 3 is 2.20 bits per heavy atom. The van der Waals surface area contributed by atoms with Gasteiger partial charge in [0.2, 0.25) is 0 Å². The van der Waals surface area contributed by atoms with Gasteiger partial charge < -0.3 is 11.5 Å². The molecule has 6 rings (SSSR count). The van der Waals surface area contributed by atoms with Crippen molar-refractivity contribution in [1.29, 1.82) is 0 Å². The summed E-state index contributed by atoms with van der Waals surface area (Å²) in [6.45, 7) is 4.00. The lowest BCUT2D eigenvalue weighted by molar-refractivity contribution is 0.253. The molecule has 0 aliphatic heterocycles. The highest BCUT2D eigenvalue weighted by molar-refractivity contribution is 5.83. The van der Waals surface area contributed by atoms with Crippen molar-refractivity contribution in [3.8, 4) is 28.5 Å². The number of aromatic nitrogens is 5. The van der Waals surface area contributed by atoms with Crippen LogP contribution in [-0.4, -0.2) is 24.5 Å². The van der Waals surface area contributed by atoms with Gasteiger partial charge in [0.05, 0.1) is 5.69 Å². The van der Waals surface area contributed by atoms with E-state index in [4.69, 9.17) is 21.4 Å². The summed E-state index contributed by atoms with van der Waals surface area (Å²) >= 11 is 0. The first-order chi connectivity index (χ1) is 17.1. The fraction of sp³-hybridized carbons (Fsp3) is 0.214. The molecular weight excluding hydrogens is 434 g/mol. The molecular formula is C28H29N7. The number of hydrogen-bond donors (Lipinski definition) is 2. The van der Waals surface area contributed by atoms with Crippen molar-refractivity contribution in [2.45, 2.75) is 38.6 Å². The predicted octanol–water partition coefficient (Wildman–Crippen LogP) is 5.49. The maximum absolute atomic E-state index is 6.54. The number of anilines is 1. The molecule has 7 nitrogen and oxygen atoms in total. The third-order valence-corrected chi connectivity index (χ3v) is 6.46. The van der Waals surface area contributed by atoms with Crippen LogP contribution in [0.25, 0.3) is 39.6 Å². The first kappa shape index (κ1) is 22.7. The lowest BCUT2D eigenvalue weighted by atomic mass is 9.73. The number of benzene rings is 2. The molecule has 0 bridgehead atoms. The van der Waals surface area contributed by atoms with Crippen LogP contribution in [0.5, 0.6) is 0 Å². The van der Waals surface area contributed by atoms with E-state index < -0.39 is 0 Å². The zero-order valence-electron chi connectivity index (χ0n) is 20.0. The second-order valence-electron chi connectivity index (χ2n) is 8.52. The van der Waals surface area contributed by atoms with E-state index in [9.17, 15) is 0 Å². The van der Waals surface area contributed by atoms with Crippen molar-refractivity contribution in [2.75, 3.05) is 5.73 Å². The second kappa shape index (κ2) is 9.27. The third kappa shape index (κ3) is 4.04. The van der Waals surface area contributed by atoms with Crippen molar-refractivity contribution in [1.82, 2.24) is 24.5 Å². The van der Waals surface area contributed by atoms with E-state index in [-0.39, 0.29) is 5.54 Å². The number of pyridine rings is 1. The largest absolute Gasteiger partial charge is 0.382 e. The molecule has 3 aromatic heterocycles. The van der Waals surface area contributed by atoms with E-state index in [1.54, 1.807) is 12.4 Å². The van der Waals surface area contributed by atoms with Gasteiger partial charge in [-0.2, -0.15) is 0 Å². The summed E-state index contributed by atoms with van der Waals surface area (Å²) in [7, 11) is 0. The average Bonchev–Trinajstić information content (AvgIpc) is 3.28. The summed E-state index contributed by atoms with van der Waals surface area (Å²) in [5, 5.41) is 0. The third-order valence-electron chi connectivity index (χ3n) is 6.46. The minimum atomic E-state index is -0.216. The molecule has 1 fully saturated rings. The summed E-state index contributed by atoms with van der Waals surface area (Å²) in [5.41, 5.74) is 18.5. The summed E-state index contributed by atoms with van der Waals surface area (Å²) in [5.74, 6) is 0.927. The minimum absolute atomic E-state index is 0.216. The van der Waals surface area contributed by atoms with Crippen LogP contribution >= 0.6 is 0 Å². The van der Waals surface area contributed by atoms with Crippen molar-refractivity contribution in [2.24, 2.45) is 5.73 Å². The van der Waals surface area contributed by atoms with Gasteiger partial charge in [-0.15, -0.1) is 0 Å². The van der Waals surface area contributed by atoms with Gasteiger partial charge in [0.25, 0.3) is 0 Å². The highest BCUT2D eigenvalue weighted by Crippen LogP contribution is 2.39. The molecule has 0 amide bonds. The molecule has 0 saturated heterocycles. The van der Waals surface area contributed by atoms with Crippen LogP contribution in [-0.2, 0) is 5.54 Å². The molecule has 1 aliphatic rings. The Balaban J connectivity index is 0.00000124. The topological polar surface area (TPSA) is 109 Å². The molecule has 3 heterocycles. The summed E-state index contributed by atoms with van der Waals surface area (Å²) in [6.07, 6.45) is 6.40. The van der Waals surface area contributed by atoms with Crippen LogP contribution in [0.4, 0.5) is 5.82 Å². The summed E-state index contributed by atoms with van der Waals surface area (Å²) in [4.78, 5) is 18.5. The molecule has 1 aliphatic carbocycles. The van der Waals surface area contributed by atoms with E-state index >= 15 is 0 Å². The van der Waals surface area contributed by atoms with Crippen LogP contribution < -0.4 is 11.5 Å². The zero-order chi connectivity index (χ0) is 24.4. The lowest BCUT2D eigenvalue weighted by Crippen LogP contribution is -2.43. The Bertz CT molecular complexity index is 1450. The summed E-state index contributed by atoms with van der Waals surface area (Å²) < 4.78 is 2.00. The number of imidazole rings is 1. The maximum Gasteiger partial charge on any atom is 0.169 e. The Morgan fingerprint density at radius 1 is 0.829 bits per heavy atom. The average molecular weight is 464 g/mol. The van der Waals surface area contributed by atoms with Crippen molar-refractivity contribution >= 4 is 17.0 Å². The van der Waals surface area contributed by atoms with Crippen LogP contribution in [0.3, 0.4) is 0 Å². The number of nitrogen functional groups attached to an aromatic ring is 1. The van der Waals surface area contributed by atoms with Gasteiger partial charge in [-0.05, 0) is 49.1 Å². The van der Waals surface area contributed by atoms with E-state index in [1.807, 2.05) is 60.9 Å². The number of nitrogens with zero attached hydrogens (tertiary/aromatic N) is 5. The molecule has 0 spiro atoms. The minimum Gasteiger partial charge on any atom is -0.382 e. The molecule has 1 saturated carbocycles. The maximum atomic E-state index is 6.54. The van der Waals surface area contributed by atoms with Gasteiger partial charge in [0.15, 0.2) is 17.3 Å². The quantitative estimate of drug-likeness (QED) is 0.365. The van der Waals surface area contributed by atoms with E-state index in [1.165, 1.54) is 6.42 Å². The molecule has 0 unspecified atom stereocenters. The highest BCUT2D eigenvalue weighted by Gasteiger charge is 2.34. The van der Waals surface area contributed by atoms with Gasteiger partial charge in [0.1, 0.15) is 11.2 Å². The van der Waals surface area contributed by atoms with Gasteiger partial charge in [-0.3, -0.25) is 4.57 Å². The Labute approximate surface area is 204 Å². The molecule has 0 radical (unpaired) electrons. The molecule has 2 aromatic carbocycles. The summed E-state index contributed by atoms with van der Waals surface area (Å²) in [6, 6.07) is 22.4. The van der Waals surface area contributed by atoms with Gasteiger partial charge in [-0.1, -0.05) is 56.3 Å². The monoisotopic (exact) mass is 463 g/mol. The molecule has 5 aromatic rings. The Hall–Kier alpha value is -4.10. The van der Waals surface area contributed by atoms with Crippen LogP contribution in [0.15, 0.2) is 79.1 Å². The van der Waals surface area contributed by atoms with Crippen LogP contribution in [0.2, 0.25) is 0 Å². The van der Waals surface area contributed by atoms with E-state index in [2.05, 4.69) is 34.2 Å². The lowest BCUT2D eigenvalue weighted by Gasteiger charge is -2.38. The predicted molar refractivity (Wildman–Crippen MR) is 141 cm³/mol. The van der Waals surface area contributed by atoms with Crippen molar-refractivity contribution < 1.29 is 0 Å². The standard InChI is InChI=1S/C26H23N7.C2H6/c27-23-22(29-15-16-30-23)25-32-21-12-11-20(17-5-2-1-3-6-17)31-24(21)33(25)19-9-7-18(8-10-19)26(28)13-4-14-26;1-2/h1-3,5-12,15-16H,4,13-14,28H2,(H2,27,30);1-2H3. The smallest absolute Gasteiger partial charge is 0.169 e. The zero-order valence-corrected chi connectivity index (χ0v) is 20.0. The SMILES string of the molecule is CC.Nc1nccnc1-c1nc2ccc(-c3ccccc3)nc2n1-c1ccc(C2(N)CCC2)cc1. The Morgan fingerprint density at radius 2 is 1.54 bits per heavy atom. The van der Waals surface area contributed by atoms with Crippen LogP contribution in [0, 0.1) is 0 Å². The number of rotatable bonds is 4. The van der Waals surface area contributed by atoms with E-state index in [0.717, 1.165) is 46.5 Å². The number of nitrogens with two attached hydrogens (primary N) is 2. The Kier molecular flexibility index (Phi) is 6.01. The fourth-order valence-electron chi connectivity index (χ4n) is 4.44. The first-order valence-electron chi connectivity index (χ1n) is 12.0. The van der Waals surface area contributed by atoms with Crippen LogP contribution in [0.1, 0.15) is 38.7 Å². The molecule has 4 N–H and O–H groups in total. The van der Waals surface area contributed by atoms with Gasteiger partial charge in [0, 0.05) is 29.2 Å². The number of hydrogen-bond acceptors (Lipinski definition) is 6. The molecule has 0 atom stereocenters. The highest BCUT2D eigenvalue weighted by atomic mass is 15.2. The normalized spacial score (nSPS) is 14.1. The molecule has 7 heteroatoms. The van der Waals surface area contributed by atoms with Crippen molar-refractivity contribution in [3.05, 3.63) is 84.7 Å².